The van der Waals surface area contributed by atoms with Gasteiger partial charge in [0.1, 0.15) is 0 Å². The molecule has 3 rings (SSSR count). The predicted molar refractivity (Wildman–Crippen MR) is 77.1 cm³/mol. The van der Waals surface area contributed by atoms with E-state index >= 15 is 0 Å². The Morgan fingerprint density at radius 2 is 1.85 bits per heavy atom. The maximum atomic E-state index is 12.7. The number of nitrogens with zero attached hydrogens (tertiary/aromatic N) is 1. The van der Waals surface area contributed by atoms with Gasteiger partial charge >= 0.3 is 0 Å². The van der Waals surface area contributed by atoms with Gasteiger partial charge < -0.3 is 5.11 Å². The van der Waals surface area contributed by atoms with Crippen LogP contribution in [0.25, 0.3) is 0 Å². The number of hydrogen-bond acceptors (Lipinski definition) is 3. The summed E-state index contributed by atoms with van der Waals surface area (Å²) in [5, 5.41) is 9.11. The molecule has 0 radical (unpaired) electrons. The molecule has 1 fully saturated rings. The summed E-state index contributed by atoms with van der Waals surface area (Å²) in [5.41, 5.74) is 2.47. The largest absolute Gasteiger partial charge is 0.395 e. The lowest BCUT2D eigenvalue weighted by atomic mass is 9.92. The summed E-state index contributed by atoms with van der Waals surface area (Å²) in [6.07, 6.45) is 6.17. The van der Waals surface area contributed by atoms with E-state index in [0.29, 0.717) is 4.90 Å². The molecule has 0 spiro atoms. The fourth-order valence-corrected chi connectivity index (χ4v) is 4.69. The van der Waals surface area contributed by atoms with Crippen molar-refractivity contribution in [2.45, 2.75) is 49.5 Å². The van der Waals surface area contributed by atoms with Gasteiger partial charge in [-0.1, -0.05) is 6.07 Å². The van der Waals surface area contributed by atoms with Gasteiger partial charge in [-0.3, -0.25) is 0 Å². The maximum absolute atomic E-state index is 12.7. The van der Waals surface area contributed by atoms with E-state index in [1.54, 1.807) is 6.07 Å². The lowest BCUT2D eigenvalue weighted by Crippen LogP contribution is -2.35. The lowest BCUT2D eigenvalue weighted by Gasteiger charge is -2.22. The van der Waals surface area contributed by atoms with Crippen molar-refractivity contribution < 1.29 is 13.5 Å². The summed E-state index contributed by atoms with van der Waals surface area (Å²) < 4.78 is 26.9. The Labute approximate surface area is 120 Å². The molecule has 0 unspecified atom stereocenters. The lowest BCUT2D eigenvalue weighted by molar-refractivity contribution is 0.250. The first-order chi connectivity index (χ1) is 9.63. The van der Waals surface area contributed by atoms with Gasteiger partial charge in [-0.15, -0.1) is 0 Å². The highest BCUT2D eigenvalue weighted by molar-refractivity contribution is 7.89. The van der Waals surface area contributed by atoms with Crippen LogP contribution in [-0.2, 0) is 22.9 Å². The first-order valence-electron chi connectivity index (χ1n) is 7.37. The maximum Gasteiger partial charge on any atom is 0.243 e. The van der Waals surface area contributed by atoms with E-state index in [0.717, 1.165) is 32.1 Å². The van der Waals surface area contributed by atoms with E-state index in [1.807, 2.05) is 12.1 Å². The third kappa shape index (κ3) is 2.62. The smallest absolute Gasteiger partial charge is 0.243 e. The molecule has 0 amide bonds. The fourth-order valence-electron chi connectivity index (χ4n) is 2.97. The van der Waals surface area contributed by atoms with E-state index in [4.69, 9.17) is 5.11 Å². The van der Waals surface area contributed by atoms with Gasteiger partial charge in [0.25, 0.3) is 0 Å². The van der Waals surface area contributed by atoms with Crippen molar-refractivity contribution in [2.75, 3.05) is 13.2 Å². The molecule has 110 valence electrons. The standard InChI is InChI=1S/C15H21NO3S/c17-10-9-16(14-6-7-14)20(18,19)15-8-5-12-3-1-2-4-13(12)11-15/h5,8,11,14,17H,1-4,6-7,9-10H2. The van der Waals surface area contributed by atoms with Crippen LogP contribution in [0.4, 0.5) is 0 Å². The molecule has 0 bridgehead atoms. The normalized spacial score (nSPS) is 19.1. The van der Waals surface area contributed by atoms with E-state index < -0.39 is 10.0 Å². The van der Waals surface area contributed by atoms with Crippen LogP contribution in [0.5, 0.6) is 0 Å². The van der Waals surface area contributed by atoms with E-state index in [2.05, 4.69) is 0 Å². The zero-order valence-electron chi connectivity index (χ0n) is 11.6. The quantitative estimate of drug-likeness (QED) is 0.899. The third-order valence-corrected chi connectivity index (χ3v) is 6.15. The Morgan fingerprint density at radius 1 is 1.15 bits per heavy atom. The minimum Gasteiger partial charge on any atom is -0.395 e. The number of benzene rings is 1. The highest BCUT2D eigenvalue weighted by atomic mass is 32.2. The minimum absolute atomic E-state index is 0.0863. The number of aliphatic hydroxyl groups excluding tert-OH is 1. The van der Waals surface area contributed by atoms with Gasteiger partial charge in [0.05, 0.1) is 11.5 Å². The van der Waals surface area contributed by atoms with Crippen molar-refractivity contribution in [3.63, 3.8) is 0 Å². The van der Waals surface area contributed by atoms with Gasteiger partial charge in [0, 0.05) is 12.6 Å². The summed E-state index contributed by atoms with van der Waals surface area (Å²) in [7, 11) is -3.46. The van der Waals surface area contributed by atoms with Gasteiger partial charge in [-0.25, -0.2) is 8.42 Å². The summed E-state index contributed by atoms with van der Waals surface area (Å²) in [6, 6.07) is 5.62. The van der Waals surface area contributed by atoms with Crippen LogP contribution in [0.3, 0.4) is 0 Å². The number of hydrogen-bond donors (Lipinski definition) is 1. The monoisotopic (exact) mass is 295 g/mol. The average Bonchev–Trinajstić information content (AvgIpc) is 3.28. The second kappa shape index (κ2) is 5.47. The van der Waals surface area contributed by atoms with Crippen molar-refractivity contribution in [3.8, 4) is 0 Å². The van der Waals surface area contributed by atoms with Gasteiger partial charge in [-0.2, -0.15) is 4.31 Å². The molecule has 4 nitrogen and oxygen atoms in total. The molecule has 1 saturated carbocycles. The van der Waals surface area contributed by atoms with Crippen LogP contribution in [0.2, 0.25) is 0 Å². The van der Waals surface area contributed by atoms with Crippen LogP contribution >= 0.6 is 0 Å². The molecule has 0 aliphatic heterocycles. The number of sulfonamides is 1. The number of aryl methyl sites for hydroxylation is 2. The van der Waals surface area contributed by atoms with E-state index in [9.17, 15) is 8.42 Å². The second-order valence-corrected chi connectivity index (χ2v) is 7.60. The molecular formula is C15H21NO3S. The Bertz CT molecular complexity index is 593. The number of aliphatic hydroxyl groups is 1. The van der Waals surface area contributed by atoms with Crippen LogP contribution in [0, 0.1) is 0 Å². The number of fused-ring (bicyclic) bond motifs is 1. The topological polar surface area (TPSA) is 57.6 Å². The fraction of sp³-hybridized carbons (Fsp3) is 0.600. The SMILES string of the molecule is O=S(=O)(c1ccc2c(c1)CCCC2)N(CCO)C1CC1. The van der Waals surface area contributed by atoms with Gasteiger partial charge in [-0.05, 0) is 61.8 Å². The molecule has 0 heterocycles. The Kier molecular flexibility index (Phi) is 3.84. The van der Waals surface area contributed by atoms with Crippen LogP contribution in [0.15, 0.2) is 23.1 Å². The molecule has 1 aromatic rings. The van der Waals surface area contributed by atoms with Crippen molar-refractivity contribution in [3.05, 3.63) is 29.3 Å². The summed E-state index contributed by atoms with van der Waals surface area (Å²) >= 11 is 0. The van der Waals surface area contributed by atoms with Gasteiger partial charge in [0.2, 0.25) is 10.0 Å². The molecule has 1 aromatic carbocycles. The average molecular weight is 295 g/mol. The zero-order valence-corrected chi connectivity index (χ0v) is 12.4. The van der Waals surface area contributed by atoms with E-state index in [1.165, 1.54) is 21.9 Å². The molecule has 0 atom stereocenters. The molecule has 20 heavy (non-hydrogen) atoms. The van der Waals surface area contributed by atoms with Crippen LogP contribution < -0.4 is 0 Å². The highest BCUT2D eigenvalue weighted by Gasteiger charge is 2.37. The molecule has 0 aromatic heterocycles. The third-order valence-electron chi connectivity index (χ3n) is 4.20. The Balaban J connectivity index is 1.93. The predicted octanol–water partition coefficient (Wildman–Crippen LogP) is 1.71. The van der Waals surface area contributed by atoms with E-state index in [-0.39, 0.29) is 19.2 Å². The van der Waals surface area contributed by atoms with Crippen LogP contribution in [0.1, 0.15) is 36.8 Å². The zero-order chi connectivity index (χ0) is 14.2. The summed E-state index contributed by atoms with van der Waals surface area (Å²) in [5.74, 6) is 0. The van der Waals surface area contributed by atoms with Crippen molar-refractivity contribution in [1.29, 1.82) is 0 Å². The molecule has 5 heteroatoms. The molecule has 2 aliphatic carbocycles. The molecule has 1 N–H and O–H groups in total. The first kappa shape index (κ1) is 14.0. The van der Waals surface area contributed by atoms with Crippen LogP contribution in [-0.4, -0.2) is 37.0 Å². The Morgan fingerprint density at radius 3 is 2.50 bits per heavy atom. The Hall–Kier alpha value is -0.910. The molecule has 2 aliphatic rings. The van der Waals surface area contributed by atoms with Gasteiger partial charge in [0.15, 0.2) is 0 Å². The second-order valence-electron chi connectivity index (χ2n) is 5.71. The van der Waals surface area contributed by atoms with Crippen molar-refractivity contribution >= 4 is 10.0 Å². The first-order valence-corrected chi connectivity index (χ1v) is 8.81. The highest BCUT2D eigenvalue weighted by Crippen LogP contribution is 2.33. The number of rotatable bonds is 5. The molecular weight excluding hydrogens is 274 g/mol. The summed E-state index contributed by atoms with van der Waals surface area (Å²) in [4.78, 5) is 0.387. The van der Waals surface area contributed by atoms with Crippen molar-refractivity contribution in [1.82, 2.24) is 4.31 Å². The van der Waals surface area contributed by atoms with Crippen molar-refractivity contribution in [2.24, 2.45) is 0 Å². The summed E-state index contributed by atoms with van der Waals surface area (Å²) in [6.45, 7) is 0.0742. The molecule has 0 saturated heterocycles. The minimum atomic E-state index is -3.46.